The summed E-state index contributed by atoms with van der Waals surface area (Å²) in [5, 5.41) is 2.84. The van der Waals surface area contributed by atoms with Crippen LogP contribution in [0.15, 0.2) is 29.1 Å². The summed E-state index contributed by atoms with van der Waals surface area (Å²) in [6.07, 6.45) is 0.833. The highest BCUT2D eigenvalue weighted by Crippen LogP contribution is 2.48. The average Bonchev–Trinajstić information content (AvgIpc) is 3.55. The van der Waals surface area contributed by atoms with E-state index in [1.165, 1.54) is 29.8 Å². The van der Waals surface area contributed by atoms with E-state index in [1.54, 1.807) is 13.0 Å². The summed E-state index contributed by atoms with van der Waals surface area (Å²) >= 11 is 1.98. The van der Waals surface area contributed by atoms with Crippen LogP contribution in [0.5, 0.6) is 0 Å². The highest BCUT2D eigenvalue weighted by atomic mass is 127. The van der Waals surface area contributed by atoms with Gasteiger partial charge >= 0.3 is 0 Å². The van der Waals surface area contributed by atoms with Crippen molar-refractivity contribution in [1.82, 2.24) is 4.57 Å². The molecule has 0 saturated heterocycles. The van der Waals surface area contributed by atoms with Crippen LogP contribution in [0.25, 0.3) is 0 Å². The highest BCUT2D eigenvalue weighted by molar-refractivity contribution is 14.1. The Morgan fingerprint density at radius 2 is 1.97 bits per heavy atom. The number of aromatic nitrogens is 1. The Hall–Kier alpha value is -1.73. The highest BCUT2D eigenvalue weighted by Gasteiger charge is 2.56. The lowest BCUT2D eigenvalue weighted by Crippen LogP contribution is -2.34. The van der Waals surface area contributed by atoms with E-state index in [0.29, 0.717) is 28.6 Å². The summed E-state index contributed by atoms with van der Waals surface area (Å²) in [5.74, 6) is -0.453. The van der Waals surface area contributed by atoms with Gasteiger partial charge in [0.1, 0.15) is 17.8 Å². The van der Waals surface area contributed by atoms with E-state index < -0.39 is 26.8 Å². The first kappa shape index (κ1) is 26.9. The topological polar surface area (TPSA) is 89.4 Å². The Labute approximate surface area is 212 Å². The fourth-order valence-corrected chi connectivity index (χ4v) is 5.89. The number of hydrogen-bond donors (Lipinski definition) is 2. The standard InChI is InChI=1S/C23H30F2IN3O4S/c1-4-5-10-33-14-16(24)13-23(8-9-23)34(31,32)28-20-11-15(2)22(30)29(3)21(20)27-19-7-6-17(26)12-18(19)25/h6-7,11-12,16,27-28H,4-5,8-10,13-14H2,1-3H3/t16-/m1/s1. The van der Waals surface area contributed by atoms with Crippen molar-refractivity contribution in [1.29, 1.82) is 0 Å². The molecule has 0 spiro atoms. The third-order valence-corrected chi connectivity index (χ3v) is 8.81. The quantitative estimate of drug-likeness (QED) is 0.261. The first-order chi connectivity index (χ1) is 16.0. The number of rotatable bonds is 12. The Morgan fingerprint density at radius 3 is 2.59 bits per heavy atom. The maximum atomic E-state index is 14.5. The van der Waals surface area contributed by atoms with Crippen molar-refractivity contribution in [2.24, 2.45) is 7.05 Å². The zero-order valence-electron chi connectivity index (χ0n) is 19.5. The van der Waals surface area contributed by atoms with E-state index in [1.807, 2.05) is 29.5 Å². The second-order valence-electron chi connectivity index (χ2n) is 8.72. The maximum Gasteiger partial charge on any atom is 0.254 e. The van der Waals surface area contributed by atoms with E-state index in [0.717, 1.165) is 12.8 Å². The van der Waals surface area contributed by atoms with Gasteiger partial charge < -0.3 is 10.1 Å². The van der Waals surface area contributed by atoms with E-state index in [4.69, 9.17) is 4.74 Å². The molecular formula is C23H30F2IN3O4S. The summed E-state index contributed by atoms with van der Waals surface area (Å²) in [6, 6.07) is 5.92. The summed E-state index contributed by atoms with van der Waals surface area (Å²) in [4.78, 5) is 12.5. The fraction of sp³-hybridized carbons (Fsp3) is 0.522. The third-order valence-electron chi connectivity index (χ3n) is 5.93. The zero-order valence-corrected chi connectivity index (χ0v) is 22.4. The smallest absolute Gasteiger partial charge is 0.254 e. The molecule has 11 heteroatoms. The van der Waals surface area contributed by atoms with Gasteiger partial charge in [0, 0.05) is 29.2 Å². The van der Waals surface area contributed by atoms with Crippen molar-refractivity contribution in [2.45, 2.75) is 56.9 Å². The van der Waals surface area contributed by atoms with Gasteiger partial charge in [-0.1, -0.05) is 13.3 Å². The number of nitrogens with zero attached hydrogens (tertiary/aromatic N) is 1. The Balaban J connectivity index is 1.86. The van der Waals surface area contributed by atoms with Gasteiger partial charge in [-0.2, -0.15) is 0 Å². The molecule has 0 bridgehead atoms. The van der Waals surface area contributed by atoms with Gasteiger partial charge in [-0.3, -0.25) is 14.1 Å². The molecule has 2 aromatic rings. The molecule has 34 heavy (non-hydrogen) atoms. The molecule has 1 atom stereocenters. The van der Waals surface area contributed by atoms with Crippen molar-refractivity contribution >= 4 is 49.8 Å². The van der Waals surface area contributed by atoms with Crippen LogP contribution in [-0.2, 0) is 21.8 Å². The van der Waals surface area contributed by atoms with Crippen LogP contribution >= 0.6 is 22.6 Å². The summed E-state index contributed by atoms with van der Waals surface area (Å²) in [5.41, 5.74) is 0.143. The minimum Gasteiger partial charge on any atom is -0.378 e. The number of benzene rings is 1. The maximum absolute atomic E-state index is 14.5. The molecule has 7 nitrogen and oxygen atoms in total. The number of anilines is 3. The van der Waals surface area contributed by atoms with E-state index in [-0.39, 0.29) is 35.8 Å². The molecule has 1 fully saturated rings. The number of alkyl halides is 1. The molecule has 1 saturated carbocycles. The van der Waals surface area contributed by atoms with Crippen LogP contribution in [-0.4, -0.2) is 37.1 Å². The molecule has 1 aromatic heterocycles. The van der Waals surface area contributed by atoms with Crippen LogP contribution in [0, 0.1) is 16.3 Å². The molecule has 1 heterocycles. The minimum atomic E-state index is -4.01. The van der Waals surface area contributed by atoms with Crippen molar-refractivity contribution < 1.29 is 21.9 Å². The monoisotopic (exact) mass is 609 g/mol. The predicted octanol–water partition coefficient (Wildman–Crippen LogP) is 5.00. The number of nitrogens with one attached hydrogen (secondary N) is 2. The van der Waals surface area contributed by atoms with Gasteiger partial charge in [0.05, 0.1) is 22.7 Å². The lowest BCUT2D eigenvalue weighted by molar-refractivity contribution is 0.0742. The Bertz CT molecular complexity index is 1200. The van der Waals surface area contributed by atoms with Crippen LogP contribution in [0.4, 0.5) is 26.0 Å². The van der Waals surface area contributed by atoms with Gasteiger partial charge in [0.15, 0.2) is 0 Å². The molecule has 0 unspecified atom stereocenters. The lowest BCUT2D eigenvalue weighted by Gasteiger charge is -2.23. The van der Waals surface area contributed by atoms with Gasteiger partial charge in [-0.25, -0.2) is 17.2 Å². The normalized spacial score (nSPS) is 15.7. The number of sulfonamides is 1. The number of hydrogen-bond acceptors (Lipinski definition) is 5. The molecule has 0 radical (unpaired) electrons. The lowest BCUT2D eigenvalue weighted by atomic mass is 10.2. The predicted molar refractivity (Wildman–Crippen MR) is 139 cm³/mol. The third kappa shape index (κ3) is 6.09. The van der Waals surface area contributed by atoms with Crippen LogP contribution < -0.4 is 15.6 Å². The van der Waals surface area contributed by atoms with Crippen molar-refractivity contribution in [3.8, 4) is 0 Å². The van der Waals surface area contributed by atoms with Gasteiger partial charge in [-0.05, 0) is 73.0 Å². The van der Waals surface area contributed by atoms with Crippen LogP contribution in [0.3, 0.4) is 0 Å². The molecule has 0 aliphatic heterocycles. The molecule has 3 rings (SSSR count). The molecular weight excluding hydrogens is 579 g/mol. The first-order valence-corrected chi connectivity index (χ1v) is 13.7. The average molecular weight is 609 g/mol. The van der Waals surface area contributed by atoms with Crippen molar-refractivity contribution in [2.75, 3.05) is 23.3 Å². The van der Waals surface area contributed by atoms with Gasteiger partial charge in [-0.15, -0.1) is 0 Å². The second-order valence-corrected chi connectivity index (χ2v) is 12.0. The second kappa shape index (κ2) is 10.9. The Kier molecular flexibility index (Phi) is 8.61. The summed E-state index contributed by atoms with van der Waals surface area (Å²) in [7, 11) is -2.54. The Morgan fingerprint density at radius 1 is 1.26 bits per heavy atom. The van der Waals surface area contributed by atoms with Crippen molar-refractivity contribution in [3.63, 3.8) is 0 Å². The van der Waals surface area contributed by atoms with Gasteiger partial charge in [0.2, 0.25) is 10.0 Å². The van der Waals surface area contributed by atoms with E-state index >= 15 is 0 Å². The molecule has 0 amide bonds. The fourth-order valence-electron chi connectivity index (χ4n) is 3.74. The van der Waals surface area contributed by atoms with Crippen LogP contribution in [0.1, 0.15) is 44.6 Å². The molecule has 1 aromatic carbocycles. The number of aryl methyl sites for hydroxylation is 1. The minimum absolute atomic E-state index is 0.0916. The number of halogens is 3. The van der Waals surface area contributed by atoms with Gasteiger partial charge in [0.25, 0.3) is 5.56 Å². The molecule has 2 N–H and O–H groups in total. The molecule has 1 aliphatic rings. The SMILES string of the molecule is CCCCOC[C@H](F)CC1(S(=O)(=O)Nc2cc(C)c(=O)n(C)c2Nc2ccc(I)cc2F)CC1. The van der Waals surface area contributed by atoms with Crippen LogP contribution in [0.2, 0.25) is 0 Å². The van der Waals surface area contributed by atoms with E-state index in [9.17, 15) is 22.0 Å². The number of pyridine rings is 1. The molecule has 1 aliphatic carbocycles. The zero-order chi connectivity index (χ0) is 25.1. The summed E-state index contributed by atoms with van der Waals surface area (Å²) in [6.45, 7) is 3.86. The van der Waals surface area contributed by atoms with E-state index in [2.05, 4.69) is 10.0 Å². The number of unbranched alkanes of at least 4 members (excludes halogenated alkanes) is 1. The molecule has 188 valence electrons. The number of ether oxygens (including phenoxy) is 1. The first-order valence-electron chi connectivity index (χ1n) is 11.2. The van der Waals surface area contributed by atoms with Crippen molar-refractivity contribution in [3.05, 3.63) is 49.6 Å². The summed E-state index contributed by atoms with van der Waals surface area (Å²) < 4.78 is 64.2. The largest absolute Gasteiger partial charge is 0.378 e.